The molecule has 140 valence electrons. The lowest BCUT2D eigenvalue weighted by atomic mass is 10.1. The molecule has 0 bridgehead atoms. The standard InChI is InChI=1S/C8H4O3.C4H10O.C3H5Cl.C2H6O2Si/c9-7-5-3-1-2-4-6(5)8(10)11-7;1-3-5-4-2;1-2-3-4;1-3-5-4-2/h1-4H;3-4H2,1-2H3;2-3H,1H3;1-2H3. The number of esters is 2. The first-order valence-electron chi connectivity index (χ1n) is 7.49. The van der Waals surface area contributed by atoms with Gasteiger partial charge < -0.3 is 18.3 Å². The van der Waals surface area contributed by atoms with E-state index in [4.69, 9.17) is 16.3 Å². The topological polar surface area (TPSA) is 71.1 Å². The number of ether oxygens (including phenoxy) is 2. The van der Waals surface area contributed by atoms with Gasteiger partial charge in [0.2, 0.25) is 0 Å². The molecule has 0 amide bonds. The van der Waals surface area contributed by atoms with Crippen LogP contribution in [0.2, 0.25) is 0 Å². The summed E-state index contributed by atoms with van der Waals surface area (Å²) >= 11 is 5.01. The van der Waals surface area contributed by atoms with Crippen LogP contribution in [0.1, 0.15) is 41.5 Å². The fourth-order valence-corrected chi connectivity index (χ4v) is 1.49. The molecule has 1 aliphatic heterocycles. The summed E-state index contributed by atoms with van der Waals surface area (Å²) in [7, 11) is 3.40. The summed E-state index contributed by atoms with van der Waals surface area (Å²) in [5.74, 6) is -1.10. The molecule has 0 spiro atoms. The van der Waals surface area contributed by atoms with Gasteiger partial charge in [-0.25, -0.2) is 9.59 Å². The zero-order valence-electron chi connectivity index (χ0n) is 15.2. The van der Waals surface area contributed by atoms with Crippen molar-refractivity contribution >= 4 is 33.5 Å². The van der Waals surface area contributed by atoms with Crippen LogP contribution in [0.15, 0.2) is 35.9 Å². The Morgan fingerprint density at radius 2 is 1.44 bits per heavy atom. The van der Waals surface area contributed by atoms with E-state index >= 15 is 0 Å². The van der Waals surface area contributed by atoms with Gasteiger partial charge in [0.25, 0.3) is 0 Å². The Labute approximate surface area is 157 Å². The molecule has 8 heteroatoms. The van der Waals surface area contributed by atoms with E-state index in [9.17, 15) is 9.59 Å². The molecule has 1 heterocycles. The van der Waals surface area contributed by atoms with Gasteiger partial charge >= 0.3 is 21.9 Å². The van der Waals surface area contributed by atoms with Gasteiger partial charge in [0.15, 0.2) is 0 Å². The lowest BCUT2D eigenvalue weighted by Crippen LogP contribution is -1.96. The van der Waals surface area contributed by atoms with E-state index in [-0.39, 0.29) is 10.0 Å². The lowest BCUT2D eigenvalue weighted by Gasteiger charge is -1.86. The summed E-state index contributed by atoms with van der Waals surface area (Å²) in [4.78, 5) is 21.7. The van der Waals surface area contributed by atoms with Crippen LogP contribution >= 0.6 is 11.6 Å². The molecule has 0 unspecified atom stereocenters. The van der Waals surface area contributed by atoms with Crippen LogP contribution in [-0.4, -0.2) is 49.4 Å². The van der Waals surface area contributed by atoms with Crippen LogP contribution in [0.25, 0.3) is 0 Å². The number of hydrogen-bond acceptors (Lipinski definition) is 6. The molecule has 0 N–H and O–H groups in total. The fourth-order valence-electron chi connectivity index (χ4n) is 1.32. The average molecular weight is 389 g/mol. The van der Waals surface area contributed by atoms with E-state index in [1.807, 2.05) is 20.8 Å². The van der Waals surface area contributed by atoms with Gasteiger partial charge in [0.05, 0.1) is 11.1 Å². The highest BCUT2D eigenvalue weighted by Gasteiger charge is 2.28. The predicted molar refractivity (Wildman–Crippen MR) is 98.8 cm³/mol. The quantitative estimate of drug-likeness (QED) is 0.445. The van der Waals surface area contributed by atoms with Crippen molar-refractivity contribution in [2.24, 2.45) is 0 Å². The normalized spacial score (nSPS) is 11.3. The molecule has 2 radical (unpaired) electrons. The Morgan fingerprint density at radius 3 is 1.64 bits per heavy atom. The Morgan fingerprint density at radius 1 is 1.04 bits per heavy atom. The predicted octanol–water partition coefficient (Wildman–Crippen LogP) is 3.61. The number of allylic oxidation sites excluding steroid dienone is 1. The Balaban J connectivity index is 0. The van der Waals surface area contributed by atoms with Crippen LogP contribution < -0.4 is 0 Å². The maximum atomic E-state index is 10.8. The number of halogens is 1. The van der Waals surface area contributed by atoms with Crippen LogP contribution in [0, 0.1) is 0 Å². The van der Waals surface area contributed by atoms with Gasteiger partial charge in [-0.2, -0.15) is 0 Å². The number of benzene rings is 1. The molecule has 1 aliphatic rings. The minimum Gasteiger partial charge on any atom is -0.396 e. The highest BCUT2D eigenvalue weighted by Crippen LogP contribution is 2.18. The molecule has 0 aliphatic carbocycles. The number of carbonyl (C=O) groups is 2. The number of carbonyl (C=O) groups excluding carboxylic acids is 2. The van der Waals surface area contributed by atoms with Crippen molar-refractivity contribution in [2.45, 2.75) is 20.8 Å². The van der Waals surface area contributed by atoms with Crippen LogP contribution in [0.4, 0.5) is 0 Å². The van der Waals surface area contributed by atoms with Gasteiger partial charge in [0.1, 0.15) is 0 Å². The van der Waals surface area contributed by atoms with Crippen molar-refractivity contribution < 1.29 is 27.9 Å². The van der Waals surface area contributed by atoms with E-state index in [1.54, 1.807) is 44.6 Å². The first-order valence-corrected chi connectivity index (χ1v) is 8.74. The first-order chi connectivity index (χ1) is 12.0. The third kappa shape index (κ3) is 13.5. The highest BCUT2D eigenvalue weighted by atomic mass is 35.5. The van der Waals surface area contributed by atoms with Crippen molar-refractivity contribution in [3.8, 4) is 0 Å². The molecule has 0 saturated carbocycles. The van der Waals surface area contributed by atoms with Crippen molar-refractivity contribution in [2.75, 3.05) is 27.4 Å². The van der Waals surface area contributed by atoms with Gasteiger partial charge in [-0.3, -0.25) is 0 Å². The summed E-state index contributed by atoms with van der Waals surface area (Å²) in [6.07, 6.45) is 1.77. The van der Waals surface area contributed by atoms with Crippen molar-refractivity contribution in [3.05, 3.63) is 47.0 Å². The first kappa shape index (κ1) is 25.7. The minimum absolute atomic E-state index is 0.198. The molecule has 25 heavy (non-hydrogen) atoms. The van der Waals surface area contributed by atoms with Crippen LogP contribution in [0.5, 0.6) is 0 Å². The lowest BCUT2D eigenvalue weighted by molar-refractivity contribution is 0.0443. The zero-order chi connectivity index (χ0) is 19.5. The highest BCUT2D eigenvalue weighted by molar-refractivity contribution is 6.25. The Hall–Kier alpha value is -1.51. The van der Waals surface area contributed by atoms with E-state index in [0.717, 1.165) is 13.2 Å². The average Bonchev–Trinajstić information content (AvgIpc) is 2.92. The summed E-state index contributed by atoms with van der Waals surface area (Å²) in [6, 6.07) is 6.53. The number of hydrogen-bond donors (Lipinski definition) is 0. The summed E-state index contributed by atoms with van der Waals surface area (Å²) < 4.78 is 18.2. The summed E-state index contributed by atoms with van der Waals surface area (Å²) in [6.45, 7) is 7.53. The van der Waals surface area contributed by atoms with E-state index in [1.165, 1.54) is 5.54 Å². The molecule has 0 aromatic heterocycles. The third-order valence-corrected chi connectivity index (χ3v) is 2.84. The number of cyclic esters (lactones) is 2. The monoisotopic (exact) mass is 388 g/mol. The van der Waals surface area contributed by atoms with Gasteiger partial charge in [-0.1, -0.05) is 29.8 Å². The molecular weight excluding hydrogens is 364 g/mol. The molecule has 6 nitrogen and oxygen atoms in total. The van der Waals surface area contributed by atoms with Gasteiger partial charge in [-0.15, -0.1) is 0 Å². The van der Waals surface area contributed by atoms with Crippen molar-refractivity contribution in [1.29, 1.82) is 0 Å². The van der Waals surface area contributed by atoms with Crippen LogP contribution in [0.3, 0.4) is 0 Å². The smallest absolute Gasteiger partial charge is 0.396 e. The second-order valence-corrected chi connectivity index (χ2v) is 5.19. The molecule has 0 saturated heterocycles. The van der Waals surface area contributed by atoms with Crippen LogP contribution in [-0.2, 0) is 18.3 Å². The van der Waals surface area contributed by atoms with E-state index < -0.39 is 11.9 Å². The van der Waals surface area contributed by atoms with Crippen molar-refractivity contribution in [3.63, 3.8) is 0 Å². The molecule has 1 aromatic carbocycles. The maximum absolute atomic E-state index is 10.8. The SMILES string of the molecule is CC=CCl.CCOCC.CO[Si]OC.O=C1OC(=O)c2ccccc21. The molecular formula is C17H25ClO6Si. The minimum atomic E-state index is -0.550. The zero-order valence-corrected chi connectivity index (χ0v) is 17.0. The van der Waals surface area contributed by atoms with Crippen molar-refractivity contribution in [1.82, 2.24) is 0 Å². The molecule has 2 rings (SSSR count). The number of fused-ring (bicyclic) bond motifs is 1. The number of rotatable bonds is 4. The molecule has 0 fully saturated rings. The summed E-state index contributed by atoms with van der Waals surface area (Å²) in [5, 5.41) is 0. The van der Waals surface area contributed by atoms with E-state index in [0.29, 0.717) is 11.1 Å². The molecule has 0 atom stereocenters. The van der Waals surface area contributed by atoms with E-state index in [2.05, 4.69) is 13.6 Å². The second kappa shape index (κ2) is 18.8. The largest absolute Gasteiger partial charge is 0.432 e. The molecule has 1 aromatic rings. The maximum Gasteiger partial charge on any atom is 0.432 e. The summed E-state index contributed by atoms with van der Waals surface area (Å²) in [5.41, 5.74) is 2.19. The fraction of sp³-hybridized carbons (Fsp3) is 0.412. The van der Waals surface area contributed by atoms with Gasteiger partial charge in [0, 0.05) is 27.4 Å². The third-order valence-electron chi connectivity index (χ3n) is 2.25. The van der Waals surface area contributed by atoms with Gasteiger partial charge in [-0.05, 0) is 38.4 Å². The second-order valence-electron chi connectivity index (χ2n) is 3.95. The Kier molecular flexibility index (Phi) is 19.4. The Bertz CT molecular complexity index is 461.